The Kier molecular flexibility index (Phi) is 4.59. The Morgan fingerprint density at radius 1 is 1.07 bits per heavy atom. The maximum absolute atomic E-state index is 13.4. The maximum Gasteiger partial charge on any atom is 0.261 e. The number of para-hydroxylation sites is 1. The zero-order valence-electron chi connectivity index (χ0n) is 17.0. The minimum atomic E-state index is -0.0509. The highest BCUT2D eigenvalue weighted by atomic mass is 32.1. The average molecular weight is 418 g/mol. The number of hydrogen-bond acceptors (Lipinski definition) is 3. The molecule has 1 unspecified atom stereocenters. The van der Waals surface area contributed by atoms with E-state index in [0.29, 0.717) is 13.1 Å². The first kappa shape index (κ1) is 18.9. The van der Waals surface area contributed by atoms with Crippen LogP contribution in [0.15, 0.2) is 54.7 Å². The van der Waals surface area contributed by atoms with Crippen LogP contribution in [0.4, 0.5) is 0 Å². The number of nitrogens with one attached hydrogen (secondary N) is 1. The average Bonchev–Trinajstić information content (AvgIpc) is 3.48. The predicted molar refractivity (Wildman–Crippen MR) is 121 cm³/mol. The number of thiophene rings is 1. The molecule has 0 spiro atoms. The SMILES string of the molecule is CNC(=O)c1sc2ccccc2c1C1CCN(C(=O)c2cn(C)c3ccccc23)C1. The molecule has 0 saturated carbocycles. The molecule has 1 fully saturated rings. The van der Waals surface area contributed by atoms with E-state index in [0.717, 1.165) is 43.4 Å². The van der Waals surface area contributed by atoms with Crippen LogP contribution in [-0.4, -0.2) is 41.4 Å². The molecule has 2 amide bonds. The van der Waals surface area contributed by atoms with Gasteiger partial charge in [-0.2, -0.15) is 0 Å². The van der Waals surface area contributed by atoms with Crippen molar-refractivity contribution in [1.82, 2.24) is 14.8 Å². The number of carbonyl (C=O) groups is 2. The van der Waals surface area contributed by atoms with E-state index in [2.05, 4.69) is 17.4 Å². The first-order valence-electron chi connectivity index (χ1n) is 10.2. The molecule has 1 aliphatic rings. The number of amides is 2. The number of aryl methyl sites for hydroxylation is 1. The smallest absolute Gasteiger partial charge is 0.261 e. The minimum Gasteiger partial charge on any atom is -0.354 e. The fourth-order valence-electron chi connectivity index (χ4n) is 4.62. The number of hydrogen-bond donors (Lipinski definition) is 1. The third-order valence-electron chi connectivity index (χ3n) is 6.08. The lowest BCUT2D eigenvalue weighted by atomic mass is 9.95. The zero-order chi connectivity index (χ0) is 20.8. The van der Waals surface area contributed by atoms with Crippen molar-refractivity contribution >= 4 is 44.1 Å². The lowest BCUT2D eigenvalue weighted by Gasteiger charge is -2.17. The van der Waals surface area contributed by atoms with Gasteiger partial charge in [-0.15, -0.1) is 11.3 Å². The van der Waals surface area contributed by atoms with Crippen molar-refractivity contribution in [2.75, 3.05) is 20.1 Å². The number of rotatable bonds is 3. The number of carbonyl (C=O) groups excluding carboxylic acids is 2. The Labute approximate surface area is 178 Å². The molecule has 0 bridgehead atoms. The molecule has 1 N–H and O–H groups in total. The Hall–Kier alpha value is -3.12. The van der Waals surface area contributed by atoms with Crippen molar-refractivity contribution in [2.45, 2.75) is 12.3 Å². The van der Waals surface area contributed by atoms with Gasteiger partial charge >= 0.3 is 0 Å². The van der Waals surface area contributed by atoms with Gasteiger partial charge in [-0.05, 0) is 29.5 Å². The van der Waals surface area contributed by atoms with Crippen LogP contribution >= 0.6 is 11.3 Å². The number of nitrogens with zero attached hydrogens (tertiary/aromatic N) is 2. The molecule has 1 saturated heterocycles. The quantitative estimate of drug-likeness (QED) is 0.538. The Balaban J connectivity index is 1.49. The van der Waals surface area contributed by atoms with Crippen molar-refractivity contribution < 1.29 is 9.59 Å². The summed E-state index contributed by atoms with van der Waals surface area (Å²) in [7, 11) is 3.64. The van der Waals surface area contributed by atoms with Crippen LogP contribution in [0.1, 0.15) is 37.9 Å². The van der Waals surface area contributed by atoms with Crippen LogP contribution in [0.2, 0.25) is 0 Å². The van der Waals surface area contributed by atoms with E-state index < -0.39 is 0 Å². The topological polar surface area (TPSA) is 54.3 Å². The molecule has 5 rings (SSSR count). The second-order valence-electron chi connectivity index (χ2n) is 7.83. The van der Waals surface area contributed by atoms with Crippen molar-refractivity contribution in [3.8, 4) is 0 Å². The Morgan fingerprint density at radius 3 is 2.60 bits per heavy atom. The summed E-state index contributed by atoms with van der Waals surface area (Å²) >= 11 is 1.54. The van der Waals surface area contributed by atoms with Crippen LogP contribution < -0.4 is 5.32 Å². The van der Waals surface area contributed by atoms with Crippen LogP contribution in [0, 0.1) is 0 Å². The van der Waals surface area contributed by atoms with Crippen molar-refractivity contribution in [3.63, 3.8) is 0 Å². The number of aromatic nitrogens is 1. The summed E-state index contributed by atoms with van der Waals surface area (Å²) in [6.07, 6.45) is 2.79. The number of fused-ring (bicyclic) bond motifs is 2. The van der Waals surface area contributed by atoms with Crippen molar-refractivity contribution in [2.24, 2.45) is 7.05 Å². The molecule has 4 aromatic rings. The fourth-order valence-corrected chi connectivity index (χ4v) is 5.85. The Morgan fingerprint density at radius 2 is 1.80 bits per heavy atom. The van der Waals surface area contributed by atoms with E-state index in [-0.39, 0.29) is 17.7 Å². The summed E-state index contributed by atoms with van der Waals surface area (Å²) in [6.45, 7) is 1.33. The molecule has 2 aromatic carbocycles. The van der Waals surface area contributed by atoms with Gasteiger partial charge in [0.05, 0.1) is 10.4 Å². The lowest BCUT2D eigenvalue weighted by Crippen LogP contribution is -2.28. The molecular formula is C24H23N3O2S. The fraction of sp³-hybridized carbons (Fsp3) is 0.250. The van der Waals surface area contributed by atoms with Crippen LogP contribution in [0.5, 0.6) is 0 Å². The highest BCUT2D eigenvalue weighted by Gasteiger charge is 2.33. The van der Waals surface area contributed by atoms with E-state index in [9.17, 15) is 9.59 Å². The molecule has 1 aliphatic heterocycles. The summed E-state index contributed by atoms with van der Waals surface area (Å²) in [5.41, 5.74) is 2.89. The molecule has 152 valence electrons. The summed E-state index contributed by atoms with van der Waals surface area (Å²) in [5, 5.41) is 4.89. The monoisotopic (exact) mass is 417 g/mol. The highest BCUT2D eigenvalue weighted by molar-refractivity contribution is 7.21. The third-order valence-corrected chi connectivity index (χ3v) is 7.26. The van der Waals surface area contributed by atoms with Crippen molar-refractivity contribution in [3.05, 3.63) is 70.7 Å². The number of likely N-dealkylation sites (tertiary alicyclic amines) is 1. The van der Waals surface area contributed by atoms with Crippen LogP contribution in [0.25, 0.3) is 21.0 Å². The second-order valence-corrected chi connectivity index (χ2v) is 8.88. The predicted octanol–water partition coefficient (Wildman–Crippen LogP) is 4.38. The minimum absolute atomic E-state index is 0.0509. The van der Waals surface area contributed by atoms with Crippen LogP contribution in [0.3, 0.4) is 0 Å². The van der Waals surface area contributed by atoms with Gasteiger partial charge in [0.25, 0.3) is 11.8 Å². The first-order valence-corrected chi connectivity index (χ1v) is 11.0. The number of benzene rings is 2. The van der Waals surface area contributed by atoms with E-state index >= 15 is 0 Å². The molecular weight excluding hydrogens is 394 g/mol. The van der Waals surface area contributed by atoms with Gasteiger partial charge < -0.3 is 14.8 Å². The van der Waals surface area contributed by atoms with Gasteiger partial charge in [-0.1, -0.05) is 36.4 Å². The normalized spacial score (nSPS) is 16.5. The van der Waals surface area contributed by atoms with Gasteiger partial charge in [0.15, 0.2) is 0 Å². The third kappa shape index (κ3) is 2.91. The van der Waals surface area contributed by atoms with Crippen molar-refractivity contribution in [1.29, 1.82) is 0 Å². The maximum atomic E-state index is 13.4. The summed E-state index contributed by atoms with van der Waals surface area (Å²) in [6, 6.07) is 16.2. The molecule has 2 aromatic heterocycles. The van der Waals surface area contributed by atoms with E-state index in [1.165, 1.54) is 11.3 Å². The summed E-state index contributed by atoms with van der Waals surface area (Å²) < 4.78 is 3.12. The lowest BCUT2D eigenvalue weighted by molar-refractivity contribution is 0.0792. The van der Waals surface area contributed by atoms with Crippen LogP contribution in [-0.2, 0) is 7.05 Å². The summed E-state index contributed by atoms with van der Waals surface area (Å²) in [4.78, 5) is 28.6. The first-order chi connectivity index (χ1) is 14.6. The highest BCUT2D eigenvalue weighted by Crippen LogP contribution is 2.40. The molecule has 3 heterocycles. The zero-order valence-corrected chi connectivity index (χ0v) is 17.8. The standard InChI is InChI=1S/C24H23N3O2S/c1-25-23(28)22-21(17-8-4-6-10-20(17)30-22)15-11-12-27(13-15)24(29)18-14-26(2)19-9-5-3-7-16(18)19/h3-10,14-15H,11-13H2,1-2H3,(H,25,28). The Bertz CT molecular complexity index is 1290. The second kappa shape index (κ2) is 7.29. The molecule has 1 atom stereocenters. The van der Waals surface area contributed by atoms with Gasteiger partial charge in [0, 0.05) is 54.9 Å². The van der Waals surface area contributed by atoms with Gasteiger partial charge in [0.2, 0.25) is 0 Å². The summed E-state index contributed by atoms with van der Waals surface area (Å²) in [5.74, 6) is 0.174. The molecule has 0 aliphatic carbocycles. The van der Waals surface area contributed by atoms with E-state index in [1.54, 1.807) is 7.05 Å². The molecule has 6 heteroatoms. The molecule has 0 radical (unpaired) electrons. The van der Waals surface area contributed by atoms with Gasteiger partial charge in [-0.25, -0.2) is 0 Å². The largest absolute Gasteiger partial charge is 0.354 e. The van der Waals surface area contributed by atoms with Gasteiger partial charge in [-0.3, -0.25) is 9.59 Å². The van der Waals surface area contributed by atoms with Gasteiger partial charge in [0.1, 0.15) is 0 Å². The van der Waals surface area contributed by atoms with E-state index in [1.807, 2.05) is 59.1 Å². The molecule has 5 nitrogen and oxygen atoms in total. The van der Waals surface area contributed by atoms with E-state index in [4.69, 9.17) is 0 Å². The molecule has 30 heavy (non-hydrogen) atoms.